The Morgan fingerprint density at radius 3 is 2.53 bits per heavy atom. The maximum atomic E-state index is 11.6. The second kappa shape index (κ2) is 3.52. The van der Waals surface area contributed by atoms with E-state index in [0.29, 0.717) is 19.0 Å². The first-order valence-electron chi connectivity index (χ1n) is 5.59. The minimum Gasteiger partial charge on any atom is -0.486 e. The fourth-order valence-corrected chi connectivity index (χ4v) is 2.32. The standard InChI is InChI=1S/C13H13NO3/c1-7-13(8(2)15)9-5-11-12(6-10(9)14-7)17-4-3-16-11/h5-6,14H,3-4H2,1-2H3. The average Bonchev–Trinajstić information content (AvgIpc) is 2.60. The van der Waals surface area contributed by atoms with Gasteiger partial charge in [-0.2, -0.15) is 0 Å². The third kappa shape index (κ3) is 1.48. The number of carbonyl (C=O) groups is 1. The molecular formula is C13H13NO3. The predicted octanol–water partition coefficient (Wildman–Crippen LogP) is 2.45. The summed E-state index contributed by atoms with van der Waals surface area (Å²) in [6.45, 7) is 4.60. The maximum Gasteiger partial charge on any atom is 0.163 e. The van der Waals surface area contributed by atoms with Crippen LogP contribution in [0.4, 0.5) is 0 Å². The zero-order chi connectivity index (χ0) is 12.0. The Hall–Kier alpha value is -1.97. The van der Waals surface area contributed by atoms with Crippen molar-refractivity contribution in [2.45, 2.75) is 13.8 Å². The molecule has 1 aliphatic heterocycles. The van der Waals surface area contributed by atoms with Gasteiger partial charge in [0.2, 0.25) is 0 Å². The molecule has 0 bridgehead atoms. The van der Waals surface area contributed by atoms with Gasteiger partial charge in [-0.3, -0.25) is 4.79 Å². The lowest BCUT2D eigenvalue weighted by molar-refractivity contribution is 0.101. The lowest BCUT2D eigenvalue weighted by Gasteiger charge is -2.18. The fourth-order valence-electron chi connectivity index (χ4n) is 2.32. The quantitative estimate of drug-likeness (QED) is 0.767. The van der Waals surface area contributed by atoms with Crippen LogP contribution in [0.2, 0.25) is 0 Å². The van der Waals surface area contributed by atoms with Gasteiger partial charge in [-0.05, 0) is 19.9 Å². The SMILES string of the molecule is CC(=O)c1c(C)[nH]c2cc3c(cc12)OCCO3. The van der Waals surface area contributed by atoms with Crippen molar-refractivity contribution < 1.29 is 14.3 Å². The van der Waals surface area contributed by atoms with Gasteiger partial charge in [0.15, 0.2) is 17.3 Å². The van der Waals surface area contributed by atoms with E-state index < -0.39 is 0 Å². The van der Waals surface area contributed by atoms with Crippen LogP contribution in [-0.4, -0.2) is 24.0 Å². The van der Waals surface area contributed by atoms with Crippen molar-refractivity contribution >= 4 is 16.7 Å². The van der Waals surface area contributed by atoms with Gasteiger partial charge in [-0.25, -0.2) is 0 Å². The number of nitrogens with one attached hydrogen (secondary N) is 1. The highest BCUT2D eigenvalue weighted by molar-refractivity contribution is 6.08. The topological polar surface area (TPSA) is 51.3 Å². The summed E-state index contributed by atoms with van der Waals surface area (Å²) < 4.78 is 11.0. The minimum atomic E-state index is 0.0606. The van der Waals surface area contributed by atoms with Crippen molar-refractivity contribution in [1.82, 2.24) is 4.98 Å². The number of aryl methyl sites for hydroxylation is 1. The van der Waals surface area contributed by atoms with E-state index >= 15 is 0 Å². The molecule has 0 radical (unpaired) electrons. The molecule has 88 valence electrons. The molecule has 4 heteroatoms. The summed E-state index contributed by atoms with van der Waals surface area (Å²) in [6.07, 6.45) is 0. The third-order valence-corrected chi connectivity index (χ3v) is 3.00. The molecular weight excluding hydrogens is 218 g/mol. The summed E-state index contributed by atoms with van der Waals surface area (Å²) in [6, 6.07) is 3.77. The van der Waals surface area contributed by atoms with Crippen molar-refractivity contribution in [2.75, 3.05) is 13.2 Å². The van der Waals surface area contributed by atoms with Crippen LogP contribution < -0.4 is 9.47 Å². The summed E-state index contributed by atoms with van der Waals surface area (Å²) in [4.78, 5) is 14.8. The monoisotopic (exact) mass is 231 g/mol. The molecule has 0 spiro atoms. The number of hydrogen-bond donors (Lipinski definition) is 1. The first-order valence-corrected chi connectivity index (χ1v) is 5.59. The summed E-state index contributed by atoms with van der Waals surface area (Å²) in [5, 5.41) is 0.902. The molecule has 0 atom stereocenters. The Bertz CT molecular complexity index is 613. The van der Waals surface area contributed by atoms with E-state index in [2.05, 4.69) is 4.98 Å². The Kier molecular flexibility index (Phi) is 2.11. The van der Waals surface area contributed by atoms with Gasteiger partial charge >= 0.3 is 0 Å². The smallest absolute Gasteiger partial charge is 0.163 e. The molecule has 3 rings (SSSR count). The van der Waals surface area contributed by atoms with Crippen LogP contribution >= 0.6 is 0 Å². The van der Waals surface area contributed by atoms with E-state index in [4.69, 9.17) is 9.47 Å². The van der Waals surface area contributed by atoms with E-state index in [-0.39, 0.29) is 5.78 Å². The molecule has 17 heavy (non-hydrogen) atoms. The molecule has 0 saturated heterocycles. The van der Waals surface area contributed by atoms with Crippen molar-refractivity contribution in [3.05, 3.63) is 23.4 Å². The van der Waals surface area contributed by atoms with Crippen molar-refractivity contribution in [1.29, 1.82) is 0 Å². The van der Waals surface area contributed by atoms with Crippen LogP contribution in [0.15, 0.2) is 12.1 Å². The van der Waals surface area contributed by atoms with E-state index in [1.165, 1.54) is 0 Å². The second-order valence-electron chi connectivity index (χ2n) is 4.22. The lowest BCUT2D eigenvalue weighted by Crippen LogP contribution is -2.15. The molecule has 2 heterocycles. The molecule has 1 aliphatic rings. The average molecular weight is 231 g/mol. The van der Waals surface area contributed by atoms with E-state index in [1.54, 1.807) is 6.92 Å². The van der Waals surface area contributed by atoms with Crippen LogP contribution in [-0.2, 0) is 0 Å². The highest BCUT2D eigenvalue weighted by Gasteiger charge is 2.18. The zero-order valence-corrected chi connectivity index (χ0v) is 9.79. The fraction of sp³-hybridized carbons (Fsp3) is 0.308. The van der Waals surface area contributed by atoms with Crippen LogP contribution in [0.5, 0.6) is 11.5 Å². The van der Waals surface area contributed by atoms with E-state index in [9.17, 15) is 4.79 Å². The highest BCUT2D eigenvalue weighted by Crippen LogP contribution is 2.36. The van der Waals surface area contributed by atoms with Crippen molar-refractivity contribution in [2.24, 2.45) is 0 Å². The van der Waals surface area contributed by atoms with Gasteiger partial charge < -0.3 is 14.5 Å². The van der Waals surface area contributed by atoms with E-state index in [0.717, 1.165) is 27.9 Å². The molecule has 0 fully saturated rings. The Labute approximate surface area is 98.5 Å². The number of ketones is 1. The molecule has 2 aromatic rings. The summed E-state index contributed by atoms with van der Waals surface area (Å²) in [5.41, 5.74) is 2.53. The number of benzene rings is 1. The van der Waals surface area contributed by atoms with Crippen LogP contribution in [0.1, 0.15) is 23.0 Å². The Morgan fingerprint density at radius 1 is 1.24 bits per heavy atom. The predicted molar refractivity (Wildman–Crippen MR) is 64.0 cm³/mol. The van der Waals surface area contributed by atoms with Gasteiger partial charge in [0.05, 0.1) is 5.52 Å². The van der Waals surface area contributed by atoms with E-state index in [1.807, 2.05) is 19.1 Å². The first kappa shape index (κ1) is 10.2. The molecule has 1 N–H and O–H groups in total. The number of carbonyl (C=O) groups excluding carboxylic acids is 1. The number of fused-ring (bicyclic) bond motifs is 2. The van der Waals surface area contributed by atoms with Gasteiger partial charge in [-0.1, -0.05) is 0 Å². The van der Waals surface area contributed by atoms with Crippen LogP contribution in [0.25, 0.3) is 10.9 Å². The lowest BCUT2D eigenvalue weighted by atomic mass is 10.1. The number of hydrogen-bond acceptors (Lipinski definition) is 3. The highest BCUT2D eigenvalue weighted by atomic mass is 16.6. The number of aromatic amines is 1. The molecule has 0 saturated carbocycles. The third-order valence-electron chi connectivity index (χ3n) is 3.00. The minimum absolute atomic E-state index is 0.0606. The normalized spacial score (nSPS) is 14.0. The number of rotatable bonds is 1. The van der Waals surface area contributed by atoms with Crippen LogP contribution in [0, 0.1) is 6.92 Å². The number of ether oxygens (including phenoxy) is 2. The summed E-state index contributed by atoms with van der Waals surface area (Å²) in [7, 11) is 0. The molecule has 0 amide bonds. The molecule has 1 aromatic carbocycles. The number of H-pyrrole nitrogens is 1. The largest absolute Gasteiger partial charge is 0.486 e. The van der Waals surface area contributed by atoms with Crippen molar-refractivity contribution in [3.63, 3.8) is 0 Å². The summed E-state index contributed by atoms with van der Waals surface area (Å²) >= 11 is 0. The number of aromatic nitrogens is 1. The first-order chi connectivity index (χ1) is 8.16. The maximum absolute atomic E-state index is 11.6. The zero-order valence-electron chi connectivity index (χ0n) is 9.79. The molecule has 4 nitrogen and oxygen atoms in total. The Morgan fingerprint density at radius 2 is 1.88 bits per heavy atom. The van der Waals surface area contributed by atoms with Crippen LogP contribution in [0.3, 0.4) is 0 Å². The molecule has 0 aliphatic carbocycles. The summed E-state index contributed by atoms with van der Waals surface area (Å²) in [5.74, 6) is 1.51. The van der Waals surface area contributed by atoms with Gasteiger partial charge in [-0.15, -0.1) is 0 Å². The molecule has 0 unspecified atom stereocenters. The van der Waals surface area contributed by atoms with Crippen molar-refractivity contribution in [3.8, 4) is 11.5 Å². The van der Waals surface area contributed by atoms with Gasteiger partial charge in [0, 0.05) is 22.7 Å². The van der Waals surface area contributed by atoms with Gasteiger partial charge in [0.25, 0.3) is 0 Å². The van der Waals surface area contributed by atoms with Gasteiger partial charge in [0.1, 0.15) is 13.2 Å². The second-order valence-corrected chi connectivity index (χ2v) is 4.22. The molecule has 1 aromatic heterocycles. The number of Topliss-reactive ketones (excluding diaryl/α,β-unsaturated/α-hetero) is 1. The Balaban J connectivity index is 2.30.